The van der Waals surface area contributed by atoms with Crippen LogP contribution in [0.3, 0.4) is 0 Å². The number of esters is 1. The summed E-state index contributed by atoms with van der Waals surface area (Å²) in [6, 6.07) is 6.91. The highest BCUT2D eigenvalue weighted by atomic mass is 35.5. The third kappa shape index (κ3) is 6.88. The number of nitrogen functional groups attached to an aromatic ring is 1. The Morgan fingerprint density at radius 2 is 2.02 bits per heavy atom. The second-order valence-electron chi connectivity index (χ2n) is 9.32. The minimum Gasteiger partial charge on any atom is -0.476 e. The normalized spacial score (nSPS) is 24.7. The smallest absolute Gasteiger partial charge is 0.459 e. The second kappa shape index (κ2) is 12.4. The number of hydrogen-bond donors (Lipinski definition) is 3. The van der Waals surface area contributed by atoms with Gasteiger partial charge in [-0.3, -0.25) is 13.9 Å². The molecule has 4 rings (SSSR count). The van der Waals surface area contributed by atoms with Gasteiger partial charge >= 0.3 is 13.7 Å². The summed E-state index contributed by atoms with van der Waals surface area (Å²) in [5.41, 5.74) is 5.99. The molecule has 1 aromatic carbocycles. The predicted octanol–water partition coefficient (Wildman–Crippen LogP) is 3.10. The number of nitrogens with two attached hydrogens (primary N) is 1. The first-order chi connectivity index (χ1) is 19.3. The van der Waals surface area contributed by atoms with Crippen LogP contribution in [0.4, 0.5) is 10.3 Å². The van der Waals surface area contributed by atoms with Gasteiger partial charge in [0.25, 0.3) is 5.13 Å². The van der Waals surface area contributed by atoms with Crippen molar-refractivity contribution in [2.75, 3.05) is 18.9 Å². The summed E-state index contributed by atoms with van der Waals surface area (Å²) < 4.78 is 58.1. The fraction of sp³-hybridized carbons (Fsp3) is 0.500. The molecule has 4 N–H and O–H groups in total. The van der Waals surface area contributed by atoms with E-state index in [4.69, 9.17) is 40.6 Å². The molecule has 0 spiro atoms. The lowest BCUT2D eigenvalue weighted by Gasteiger charge is -2.25. The van der Waals surface area contributed by atoms with Crippen LogP contribution in [0.15, 0.2) is 36.7 Å². The van der Waals surface area contributed by atoms with Crippen molar-refractivity contribution < 1.29 is 42.1 Å². The summed E-state index contributed by atoms with van der Waals surface area (Å²) in [4.78, 5) is 24.6. The van der Waals surface area contributed by atoms with Crippen molar-refractivity contribution in [1.82, 2.24) is 24.6 Å². The molecule has 1 aliphatic rings. The van der Waals surface area contributed by atoms with Gasteiger partial charge in [0.1, 0.15) is 24.0 Å². The Balaban J connectivity index is 1.56. The van der Waals surface area contributed by atoms with Crippen LogP contribution in [0, 0.1) is 0 Å². The summed E-state index contributed by atoms with van der Waals surface area (Å²) in [6.45, 7) is 6.06. The van der Waals surface area contributed by atoms with Gasteiger partial charge in [0, 0.05) is 0 Å². The number of nitrogens with zero attached hydrogens (tertiary/aromatic N) is 4. The third-order valence-corrected chi connectivity index (χ3v) is 7.81. The minimum atomic E-state index is -4.34. The largest absolute Gasteiger partial charge is 0.476 e. The third-order valence-electron chi connectivity index (χ3n) is 5.75. The highest BCUT2D eigenvalue weighted by molar-refractivity contribution is 7.52. The number of hydrogen-bond acceptors (Lipinski definition) is 12. The lowest BCUT2D eigenvalue weighted by atomic mass is 10.1. The quantitative estimate of drug-likeness (QED) is 0.153. The summed E-state index contributed by atoms with van der Waals surface area (Å²) in [6.07, 6.45) is -4.31. The Hall–Kier alpha value is -3.07. The molecule has 14 nitrogen and oxygen atoms in total. The number of para-hydroxylation sites is 1. The van der Waals surface area contributed by atoms with Crippen molar-refractivity contribution in [2.24, 2.45) is 0 Å². The number of anilines is 1. The zero-order valence-electron chi connectivity index (χ0n) is 22.6. The van der Waals surface area contributed by atoms with Crippen molar-refractivity contribution in [1.29, 1.82) is 0 Å². The van der Waals surface area contributed by atoms with Crippen LogP contribution in [0.25, 0.3) is 11.2 Å². The van der Waals surface area contributed by atoms with Crippen LogP contribution in [-0.4, -0.2) is 73.3 Å². The van der Waals surface area contributed by atoms with Gasteiger partial charge in [-0.05, 0) is 39.8 Å². The fourth-order valence-corrected chi connectivity index (χ4v) is 5.73. The van der Waals surface area contributed by atoms with Gasteiger partial charge in [0.05, 0.1) is 25.6 Å². The Morgan fingerprint density at radius 3 is 2.68 bits per heavy atom. The van der Waals surface area contributed by atoms with E-state index in [1.54, 1.807) is 39.0 Å². The molecule has 17 heteroatoms. The van der Waals surface area contributed by atoms with Gasteiger partial charge in [-0.2, -0.15) is 15.1 Å². The van der Waals surface area contributed by atoms with Crippen LogP contribution >= 0.6 is 19.3 Å². The Labute approximate surface area is 239 Å². The van der Waals surface area contributed by atoms with Gasteiger partial charge in [-0.15, -0.1) is 0 Å². The molecule has 0 bridgehead atoms. The number of carbonyl (C=O) groups is 1. The molecule has 6 atom stereocenters. The van der Waals surface area contributed by atoms with Gasteiger partial charge in [0.15, 0.2) is 17.4 Å². The lowest BCUT2D eigenvalue weighted by Crippen LogP contribution is -2.40. The molecule has 1 fully saturated rings. The zero-order chi connectivity index (χ0) is 29.9. The molecule has 0 amide bonds. The SMILES string of the molecule is CCOc1nc(N)nc2c1ncn2[C@@H]1O[C@H](CO[P@@](=O)(N[C@H](C)C(=O)OC(C)C)Oc2ccccc2)[C@@H](O)[C@@]1(F)Cl. The number of nitrogens with one attached hydrogen (secondary N) is 1. The molecule has 0 radical (unpaired) electrons. The van der Waals surface area contributed by atoms with Crippen LogP contribution in [0.2, 0.25) is 0 Å². The number of aromatic nitrogens is 4. The van der Waals surface area contributed by atoms with E-state index in [9.17, 15) is 14.5 Å². The number of carbonyl (C=O) groups excluding carboxylic acids is 1. The Morgan fingerprint density at radius 1 is 1.32 bits per heavy atom. The molecule has 1 aliphatic heterocycles. The maximum atomic E-state index is 15.8. The number of aliphatic hydroxyl groups excluding tert-OH is 1. The number of aliphatic hydroxyl groups is 1. The molecule has 0 unspecified atom stereocenters. The first-order valence-corrected chi connectivity index (χ1v) is 14.6. The maximum absolute atomic E-state index is 15.8. The highest BCUT2D eigenvalue weighted by Gasteiger charge is 2.58. The molecule has 0 aliphatic carbocycles. The molecule has 3 heterocycles. The van der Waals surface area contributed by atoms with Crippen molar-refractivity contribution in [3.63, 3.8) is 0 Å². The van der Waals surface area contributed by atoms with Gasteiger partial charge < -0.3 is 29.6 Å². The molecule has 3 aromatic rings. The number of ether oxygens (including phenoxy) is 3. The number of imidazole rings is 1. The van der Waals surface area contributed by atoms with Crippen molar-refractivity contribution in [2.45, 2.75) is 63.4 Å². The topological polar surface area (TPSA) is 182 Å². The van der Waals surface area contributed by atoms with Crippen LogP contribution in [0.1, 0.15) is 33.9 Å². The van der Waals surface area contributed by atoms with Crippen LogP contribution < -0.4 is 20.1 Å². The molecule has 1 saturated heterocycles. The van der Waals surface area contributed by atoms with E-state index in [1.807, 2.05) is 0 Å². The summed E-state index contributed by atoms with van der Waals surface area (Å²) in [7, 11) is -4.34. The van der Waals surface area contributed by atoms with E-state index >= 15 is 4.39 Å². The van der Waals surface area contributed by atoms with E-state index in [2.05, 4.69) is 20.0 Å². The molecule has 41 heavy (non-hydrogen) atoms. The molecule has 224 valence electrons. The summed E-state index contributed by atoms with van der Waals surface area (Å²) in [5.74, 6) is -0.652. The predicted molar refractivity (Wildman–Crippen MR) is 145 cm³/mol. The zero-order valence-corrected chi connectivity index (χ0v) is 24.3. The standard InChI is InChI=1S/C24H31ClFN6O8P/c1-5-36-20-17-19(29-23(27)30-20)32(12-28-17)22-24(25,26)18(33)16(39-22)11-37-41(35,40-15-9-7-6-8-10-15)31-14(4)21(34)38-13(2)3/h6-10,12-14,16,18,22,33H,5,11H2,1-4H3,(H,31,35)(H2,27,29,30)/t14-,16-,18-,22-,24+,41+/m1/s1. The molecule has 2 aromatic heterocycles. The number of alkyl halides is 2. The average molecular weight is 617 g/mol. The van der Waals surface area contributed by atoms with Crippen LogP contribution in [-0.2, 0) is 23.4 Å². The lowest BCUT2D eigenvalue weighted by molar-refractivity contribution is -0.149. The van der Waals surface area contributed by atoms with E-state index < -0.39 is 56.0 Å². The first-order valence-electron chi connectivity index (χ1n) is 12.7. The van der Waals surface area contributed by atoms with Crippen LogP contribution in [0.5, 0.6) is 11.6 Å². The van der Waals surface area contributed by atoms with Gasteiger partial charge in [-0.25, -0.2) is 13.9 Å². The Bertz CT molecular complexity index is 1410. The van der Waals surface area contributed by atoms with E-state index in [0.29, 0.717) is 0 Å². The fourth-order valence-electron chi connectivity index (χ4n) is 3.93. The average Bonchev–Trinajstić information content (AvgIpc) is 3.41. The number of halogens is 2. The van der Waals surface area contributed by atoms with E-state index in [-0.39, 0.29) is 35.3 Å². The molecular weight excluding hydrogens is 586 g/mol. The monoisotopic (exact) mass is 616 g/mol. The first kappa shape index (κ1) is 30.9. The van der Waals surface area contributed by atoms with Gasteiger partial charge in [-0.1, -0.05) is 29.8 Å². The molecular formula is C24H31ClFN6O8P. The Kier molecular flexibility index (Phi) is 9.36. The van der Waals surface area contributed by atoms with Crippen molar-refractivity contribution in [3.8, 4) is 11.6 Å². The number of rotatable bonds is 12. The highest BCUT2D eigenvalue weighted by Crippen LogP contribution is 2.49. The summed E-state index contributed by atoms with van der Waals surface area (Å²) >= 11 is 6.14. The maximum Gasteiger partial charge on any atom is 0.459 e. The van der Waals surface area contributed by atoms with Crippen molar-refractivity contribution in [3.05, 3.63) is 36.7 Å². The van der Waals surface area contributed by atoms with Gasteiger partial charge in [0.2, 0.25) is 11.8 Å². The number of benzene rings is 1. The molecule has 0 saturated carbocycles. The van der Waals surface area contributed by atoms with Crippen molar-refractivity contribution >= 4 is 42.4 Å². The summed E-state index contributed by atoms with van der Waals surface area (Å²) in [5, 5.41) is 10.4. The van der Waals surface area contributed by atoms with E-state index in [1.165, 1.54) is 25.4 Å². The van der Waals surface area contributed by atoms with E-state index in [0.717, 1.165) is 4.57 Å². The minimum absolute atomic E-state index is 0.0413. The second-order valence-corrected chi connectivity index (χ2v) is 11.6. The number of fused-ring (bicyclic) bond motifs is 1.